The third kappa shape index (κ3) is 5.20. The van der Waals surface area contributed by atoms with Crippen LogP contribution >= 0.6 is 0 Å². The summed E-state index contributed by atoms with van der Waals surface area (Å²) in [7, 11) is 1.63. The molecule has 0 saturated heterocycles. The van der Waals surface area contributed by atoms with Gasteiger partial charge in [-0.3, -0.25) is 15.3 Å². The van der Waals surface area contributed by atoms with Crippen LogP contribution in [0.1, 0.15) is 19.4 Å². The van der Waals surface area contributed by atoms with Gasteiger partial charge in [0, 0.05) is 6.54 Å². The summed E-state index contributed by atoms with van der Waals surface area (Å²) in [5.74, 6) is -0.132. The van der Waals surface area contributed by atoms with Crippen molar-refractivity contribution in [2.45, 2.75) is 25.0 Å². The molecule has 156 valence electrons. The Kier molecular flexibility index (Phi) is 7.50. The molecule has 0 fully saturated rings. The number of benzene rings is 2. The minimum Gasteiger partial charge on any atom is -0.497 e. The number of hydroxylamine groups is 1. The number of rotatable bonds is 9. The van der Waals surface area contributed by atoms with Gasteiger partial charge in [-0.05, 0) is 42.7 Å². The molecule has 1 amide bonds. The van der Waals surface area contributed by atoms with E-state index in [1.807, 2.05) is 54.6 Å². The SMILES string of the molecule is COc1cccc(-c2ccc(/C=C/CNC(C)(C(=O)NO)C(C)(O)CF)cc2)c1. The van der Waals surface area contributed by atoms with Crippen molar-refractivity contribution in [2.24, 2.45) is 0 Å². The van der Waals surface area contributed by atoms with Crippen LogP contribution in [-0.4, -0.2) is 47.7 Å². The number of carbonyl (C=O) groups excluding carboxylic acids is 1. The fraction of sp³-hybridized carbons (Fsp3) is 0.318. The summed E-state index contributed by atoms with van der Waals surface area (Å²) in [4.78, 5) is 11.9. The zero-order valence-corrected chi connectivity index (χ0v) is 16.8. The molecule has 4 N–H and O–H groups in total. The molecule has 2 aromatic carbocycles. The summed E-state index contributed by atoms with van der Waals surface area (Å²) in [5, 5.41) is 21.9. The molecule has 2 rings (SSSR count). The van der Waals surface area contributed by atoms with Crippen LogP contribution in [-0.2, 0) is 4.79 Å². The second-order valence-electron chi connectivity index (χ2n) is 7.11. The zero-order chi connectivity index (χ0) is 21.5. The fourth-order valence-corrected chi connectivity index (χ4v) is 2.81. The van der Waals surface area contributed by atoms with Gasteiger partial charge < -0.3 is 9.84 Å². The maximum absolute atomic E-state index is 13.2. The molecule has 7 heteroatoms. The van der Waals surface area contributed by atoms with Crippen molar-refractivity contribution in [3.63, 3.8) is 0 Å². The van der Waals surface area contributed by atoms with Gasteiger partial charge in [0.2, 0.25) is 0 Å². The first-order valence-corrected chi connectivity index (χ1v) is 9.16. The normalized spacial score (nSPS) is 15.5. The van der Waals surface area contributed by atoms with Crippen LogP contribution in [0.2, 0.25) is 0 Å². The minimum atomic E-state index is -1.99. The Labute approximate surface area is 170 Å². The van der Waals surface area contributed by atoms with E-state index in [1.54, 1.807) is 13.2 Å². The number of ether oxygens (including phenoxy) is 1. The molecule has 2 atom stereocenters. The highest BCUT2D eigenvalue weighted by atomic mass is 19.1. The highest BCUT2D eigenvalue weighted by Crippen LogP contribution is 2.25. The van der Waals surface area contributed by atoms with Gasteiger partial charge in [0.25, 0.3) is 5.91 Å². The van der Waals surface area contributed by atoms with E-state index in [4.69, 9.17) is 9.94 Å². The molecular formula is C22H27FN2O4. The molecule has 0 aromatic heterocycles. The smallest absolute Gasteiger partial charge is 0.266 e. The van der Waals surface area contributed by atoms with Gasteiger partial charge in [0.15, 0.2) is 0 Å². The Morgan fingerprint density at radius 3 is 2.45 bits per heavy atom. The highest BCUT2D eigenvalue weighted by molar-refractivity contribution is 5.86. The van der Waals surface area contributed by atoms with E-state index in [2.05, 4.69) is 5.32 Å². The van der Waals surface area contributed by atoms with Crippen molar-refractivity contribution in [3.8, 4) is 16.9 Å². The first-order valence-electron chi connectivity index (χ1n) is 9.16. The number of carbonyl (C=O) groups is 1. The Morgan fingerprint density at radius 2 is 1.86 bits per heavy atom. The van der Waals surface area contributed by atoms with E-state index in [-0.39, 0.29) is 6.54 Å². The lowest BCUT2D eigenvalue weighted by Crippen LogP contribution is -2.68. The lowest BCUT2D eigenvalue weighted by atomic mass is 9.82. The monoisotopic (exact) mass is 402 g/mol. The standard InChI is InChI=1S/C22H27FN2O4/c1-21(27,15-23)22(2,20(26)25-28)24-13-5-6-16-9-11-17(12-10-16)18-7-4-8-19(14-18)29-3/h4-12,14,24,27-28H,13,15H2,1-3H3,(H,25,26)/b6-5+. The Balaban J connectivity index is 2.05. The van der Waals surface area contributed by atoms with Gasteiger partial charge in [-0.15, -0.1) is 0 Å². The number of alkyl halides is 1. The quantitative estimate of drug-likeness (QED) is 0.382. The van der Waals surface area contributed by atoms with Crippen molar-refractivity contribution in [3.05, 3.63) is 60.2 Å². The van der Waals surface area contributed by atoms with Crippen LogP contribution < -0.4 is 15.5 Å². The average molecular weight is 402 g/mol. The lowest BCUT2D eigenvalue weighted by molar-refractivity contribution is -0.148. The number of halogens is 1. The van der Waals surface area contributed by atoms with Crippen LogP contribution in [0.25, 0.3) is 17.2 Å². The number of hydrogen-bond acceptors (Lipinski definition) is 5. The van der Waals surface area contributed by atoms with Crippen molar-refractivity contribution in [2.75, 3.05) is 20.3 Å². The second-order valence-corrected chi connectivity index (χ2v) is 7.11. The van der Waals surface area contributed by atoms with Crippen LogP contribution in [0.3, 0.4) is 0 Å². The largest absolute Gasteiger partial charge is 0.497 e. The predicted octanol–water partition coefficient (Wildman–Crippen LogP) is 2.95. The molecule has 0 saturated carbocycles. The molecule has 6 nitrogen and oxygen atoms in total. The average Bonchev–Trinajstić information content (AvgIpc) is 2.76. The minimum absolute atomic E-state index is 0.178. The van der Waals surface area contributed by atoms with E-state index in [9.17, 15) is 14.3 Å². The van der Waals surface area contributed by atoms with E-state index < -0.39 is 23.7 Å². The third-order valence-corrected chi connectivity index (χ3v) is 5.09. The zero-order valence-electron chi connectivity index (χ0n) is 16.8. The molecule has 0 aliphatic carbocycles. The molecule has 2 unspecified atom stereocenters. The molecule has 29 heavy (non-hydrogen) atoms. The van der Waals surface area contributed by atoms with Gasteiger partial charge in [-0.2, -0.15) is 0 Å². The molecule has 0 aliphatic heterocycles. The lowest BCUT2D eigenvalue weighted by Gasteiger charge is -2.39. The van der Waals surface area contributed by atoms with Crippen LogP contribution in [0.5, 0.6) is 5.75 Å². The van der Waals surface area contributed by atoms with Crippen molar-refractivity contribution in [1.29, 1.82) is 0 Å². The molecule has 0 bridgehead atoms. The van der Waals surface area contributed by atoms with Gasteiger partial charge in [-0.1, -0.05) is 48.6 Å². The first kappa shape index (κ1) is 22.5. The van der Waals surface area contributed by atoms with Gasteiger partial charge in [-0.25, -0.2) is 9.87 Å². The van der Waals surface area contributed by atoms with Crippen LogP contribution in [0.15, 0.2) is 54.6 Å². The number of hydrogen-bond donors (Lipinski definition) is 4. The van der Waals surface area contributed by atoms with E-state index in [0.717, 1.165) is 22.4 Å². The number of nitrogens with one attached hydrogen (secondary N) is 2. The maximum atomic E-state index is 13.2. The summed E-state index contributed by atoms with van der Waals surface area (Å²) < 4.78 is 18.4. The topological polar surface area (TPSA) is 90.8 Å². The Morgan fingerprint density at radius 1 is 1.17 bits per heavy atom. The van der Waals surface area contributed by atoms with Crippen molar-refractivity contribution >= 4 is 12.0 Å². The number of aliphatic hydroxyl groups is 1. The molecule has 0 aliphatic rings. The summed E-state index contributed by atoms with van der Waals surface area (Å²) in [6, 6.07) is 15.6. The molecule has 0 spiro atoms. The number of methoxy groups -OCH3 is 1. The van der Waals surface area contributed by atoms with Crippen LogP contribution in [0, 0.1) is 0 Å². The Hall–Kier alpha value is -2.74. The van der Waals surface area contributed by atoms with Crippen molar-refractivity contribution < 1.29 is 24.2 Å². The maximum Gasteiger partial charge on any atom is 0.266 e. The summed E-state index contributed by atoms with van der Waals surface area (Å²) >= 11 is 0. The van der Waals surface area contributed by atoms with E-state index in [0.29, 0.717) is 0 Å². The second kappa shape index (κ2) is 9.65. The molecule has 2 aromatic rings. The predicted molar refractivity (Wildman–Crippen MR) is 110 cm³/mol. The first-order chi connectivity index (χ1) is 13.8. The molecule has 0 heterocycles. The number of amides is 1. The van der Waals surface area contributed by atoms with Crippen LogP contribution in [0.4, 0.5) is 4.39 Å². The summed E-state index contributed by atoms with van der Waals surface area (Å²) in [6.45, 7) is 1.54. The Bertz CT molecular complexity index is 852. The summed E-state index contributed by atoms with van der Waals surface area (Å²) in [5.41, 5.74) is 0.791. The third-order valence-electron chi connectivity index (χ3n) is 5.09. The molecular weight excluding hydrogens is 375 g/mol. The van der Waals surface area contributed by atoms with Crippen molar-refractivity contribution in [1.82, 2.24) is 10.8 Å². The molecule has 0 radical (unpaired) electrons. The van der Waals surface area contributed by atoms with Gasteiger partial charge in [0.05, 0.1) is 7.11 Å². The van der Waals surface area contributed by atoms with E-state index >= 15 is 0 Å². The fourth-order valence-electron chi connectivity index (χ4n) is 2.81. The highest BCUT2D eigenvalue weighted by Gasteiger charge is 2.49. The van der Waals surface area contributed by atoms with Gasteiger partial charge in [0.1, 0.15) is 23.6 Å². The van der Waals surface area contributed by atoms with E-state index in [1.165, 1.54) is 19.3 Å². The summed E-state index contributed by atoms with van der Waals surface area (Å²) in [6.07, 6.45) is 3.58. The van der Waals surface area contributed by atoms with Gasteiger partial charge >= 0.3 is 0 Å².